The number of anilines is 1. The molecule has 0 aliphatic heterocycles. The molecule has 12 heteroatoms. The van der Waals surface area contributed by atoms with E-state index in [-0.39, 0.29) is 23.6 Å². The summed E-state index contributed by atoms with van der Waals surface area (Å²) in [5, 5.41) is 5.22. The van der Waals surface area contributed by atoms with Crippen LogP contribution in [-0.4, -0.2) is 30.9 Å². The van der Waals surface area contributed by atoms with Gasteiger partial charge in [0.25, 0.3) is 0 Å². The average Bonchev–Trinajstić information content (AvgIpc) is 2.69. The molecule has 0 spiro atoms. The molecule has 1 aliphatic carbocycles. The van der Waals surface area contributed by atoms with Crippen LogP contribution in [0.5, 0.6) is 17.2 Å². The summed E-state index contributed by atoms with van der Waals surface area (Å²) in [5.74, 6) is -0.389. The van der Waals surface area contributed by atoms with Crippen LogP contribution in [-0.2, 0) is 0 Å². The van der Waals surface area contributed by atoms with Crippen molar-refractivity contribution >= 4 is 11.7 Å². The van der Waals surface area contributed by atoms with Gasteiger partial charge in [0.05, 0.1) is 6.10 Å². The molecule has 1 saturated carbocycles. The second-order valence-corrected chi connectivity index (χ2v) is 7.28. The molecule has 0 aromatic heterocycles. The molecule has 1 fully saturated rings. The van der Waals surface area contributed by atoms with Gasteiger partial charge in [-0.25, -0.2) is 4.79 Å². The first-order chi connectivity index (χ1) is 15.4. The van der Waals surface area contributed by atoms with E-state index in [2.05, 4.69) is 20.1 Å². The first-order valence-electron chi connectivity index (χ1n) is 9.91. The highest BCUT2D eigenvalue weighted by molar-refractivity contribution is 5.89. The van der Waals surface area contributed by atoms with E-state index in [0.29, 0.717) is 31.4 Å². The number of halogens is 6. The van der Waals surface area contributed by atoms with Crippen molar-refractivity contribution < 1.29 is 45.3 Å². The number of hydrogen-bond donors (Lipinski definition) is 2. The van der Waals surface area contributed by atoms with Crippen molar-refractivity contribution in [2.75, 3.05) is 5.32 Å². The van der Waals surface area contributed by atoms with Gasteiger partial charge in [0.2, 0.25) is 0 Å². The second-order valence-electron chi connectivity index (χ2n) is 7.28. The third kappa shape index (κ3) is 8.62. The summed E-state index contributed by atoms with van der Waals surface area (Å²) in [6.45, 7) is 0. The van der Waals surface area contributed by atoms with Crippen LogP contribution >= 0.6 is 0 Å². The molecule has 180 valence electrons. The molecule has 2 amide bonds. The van der Waals surface area contributed by atoms with E-state index in [1.54, 1.807) is 0 Å². The van der Waals surface area contributed by atoms with Gasteiger partial charge in [-0.15, -0.1) is 26.3 Å². The topological polar surface area (TPSA) is 68.8 Å². The Hall–Kier alpha value is -3.31. The zero-order valence-electron chi connectivity index (χ0n) is 17.0. The highest BCUT2D eigenvalue weighted by Gasteiger charge is 2.32. The second kappa shape index (κ2) is 10.1. The van der Waals surface area contributed by atoms with Crippen molar-refractivity contribution in [3.8, 4) is 17.2 Å². The maximum atomic E-state index is 12.3. The molecule has 0 bridgehead atoms. The first kappa shape index (κ1) is 24.3. The maximum Gasteiger partial charge on any atom is 0.573 e. The summed E-state index contributed by atoms with van der Waals surface area (Å²) in [6.07, 6.45) is -7.40. The maximum absolute atomic E-state index is 12.3. The molecule has 0 atom stereocenters. The Morgan fingerprint density at radius 3 is 1.97 bits per heavy atom. The van der Waals surface area contributed by atoms with E-state index in [9.17, 15) is 31.1 Å². The van der Waals surface area contributed by atoms with Crippen LogP contribution in [0, 0.1) is 0 Å². The number of alkyl halides is 6. The Bertz CT molecular complexity index is 926. The Labute approximate surface area is 184 Å². The molecule has 3 rings (SSSR count). The minimum Gasteiger partial charge on any atom is -0.490 e. The predicted octanol–water partition coefficient (Wildman–Crippen LogP) is 6.00. The van der Waals surface area contributed by atoms with E-state index in [1.807, 2.05) is 0 Å². The molecule has 0 unspecified atom stereocenters. The van der Waals surface area contributed by atoms with Crippen LogP contribution in [0.4, 0.5) is 36.8 Å². The fourth-order valence-electron chi connectivity index (χ4n) is 3.36. The molecule has 1 aliphatic rings. The Kier molecular flexibility index (Phi) is 7.44. The molecule has 2 N–H and O–H groups in total. The van der Waals surface area contributed by atoms with Crippen LogP contribution in [0.1, 0.15) is 25.7 Å². The lowest BCUT2D eigenvalue weighted by Crippen LogP contribution is -2.41. The molecule has 2 aromatic carbocycles. The Balaban J connectivity index is 1.42. The lowest BCUT2D eigenvalue weighted by molar-refractivity contribution is -0.275. The van der Waals surface area contributed by atoms with E-state index < -0.39 is 24.5 Å². The number of carbonyl (C=O) groups excluding carboxylic acids is 1. The largest absolute Gasteiger partial charge is 0.573 e. The lowest BCUT2D eigenvalue weighted by atomic mass is 9.93. The van der Waals surface area contributed by atoms with Crippen molar-refractivity contribution in [2.24, 2.45) is 0 Å². The van der Waals surface area contributed by atoms with Crippen molar-refractivity contribution in [3.05, 3.63) is 48.5 Å². The fourth-order valence-corrected chi connectivity index (χ4v) is 3.36. The van der Waals surface area contributed by atoms with Gasteiger partial charge in [0.1, 0.15) is 17.2 Å². The molecule has 6 nitrogen and oxygen atoms in total. The summed E-state index contributed by atoms with van der Waals surface area (Å²) in [6, 6.07) is 9.29. The smallest absolute Gasteiger partial charge is 0.490 e. The molecule has 0 radical (unpaired) electrons. The molecular weight excluding hydrogens is 458 g/mol. The third-order valence-electron chi connectivity index (χ3n) is 4.69. The average molecular weight is 478 g/mol. The van der Waals surface area contributed by atoms with Crippen LogP contribution in [0.2, 0.25) is 0 Å². The highest BCUT2D eigenvalue weighted by Crippen LogP contribution is 2.28. The van der Waals surface area contributed by atoms with Crippen molar-refractivity contribution in [1.82, 2.24) is 5.32 Å². The fraction of sp³-hybridized carbons (Fsp3) is 0.381. The van der Waals surface area contributed by atoms with Crippen LogP contribution < -0.4 is 24.8 Å². The van der Waals surface area contributed by atoms with Gasteiger partial charge in [0.15, 0.2) is 0 Å². The molecule has 0 saturated heterocycles. The van der Waals surface area contributed by atoms with Crippen molar-refractivity contribution in [2.45, 2.75) is 50.6 Å². The SMILES string of the molecule is O=C(Nc1cccc(OC(F)(F)F)c1)N[C@H]1CC[C@H](Oc2ccc(OC(F)(F)F)cc2)CC1. The van der Waals surface area contributed by atoms with Crippen molar-refractivity contribution in [1.29, 1.82) is 0 Å². The van der Waals surface area contributed by atoms with Crippen LogP contribution in [0.15, 0.2) is 48.5 Å². The van der Waals surface area contributed by atoms with Crippen LogP contribution in [0.3, 0.4) is 0 Å². The summed E-state index contributed by atoms with van der Waals surface area (Å²) in [7, 11) is 0. The zero-order chi connectivity index (χ0) is 24.1. The zero-order valence-corrected chi connectivity index (χ0v) is 17.0. The number of amides is 2. The Morgan fingerprint density at radius 1 is 0.788 bits per heavy atom. The van der Waals surface area contributed by atoms with Gasteiger partial charge in [-0.1, -0.05) is 6.07 Å². The number of hydrogen-bond acceptors (Lipinski definition) is 4. The van der Waals surface area contributed by atoms with Crippen molar-refractivity contribution in [3.63, 3.8) is 0 Å². The molecule has 2 aromatic rings. The van der Waals surface area contributed by atoms with Gasteiger partial charge in [-0.3, -0.25) is 0 Å². The van der Waals surface area contributed by atoms with Gasteiger partial charge >= 0.3 is 18.8 Å². The monoisotopic (exact) mass is 478 g/mol. The number of nitrogens with one attached hydrogen (secondary N) is 2. The number of urea groups is 1. The quantitative estimate of drug-likeness (QED) is 0.500. The lowest BCUT2D eigenvalue weighted by Gasteiger charge is -2.29. The number of rotatable bonds is 6. The van der Waals surface area contributed by atoms with Gasteiger partial charge in [-0.05, 0) is 62.1 Å². The summed E-state index contributed by atoms with van der Waals surface area (Å²) >= 11 is 0. The molecular formula is C21H20F6N2O4. The number of benzene rings is 2. The molecule has 33 heavy (non-hydrogen) atoms. The third-order valence-corrected chi connectivity index (χ3v) is 4.69. The number of ether oxygens (including phenoxy) is 3. The van der Waals surface area contributed by atoms with Gasteiger partial charge in [0, 0.05) is 17.8 Å². The Morgan fingerprint density at radius 2 is 1.36 bits per heavy atom. The van der Waals surface area contributed by atoms with Crippen LogP contribution in [0.25, 0.3) is 0 Å². The summed E-state index contributed by atoms with van der Waals surface area (Å²) < 4.78 is 87.0. The van der Waals surface area contributed by atoms with E-state index in [0.717, 1.165) is 24.3 Å². The van der Waals surface area contributed by atoms with E-state index in [1.165, 1.54) is 24.3 Å². The summed E-state index contributed by atoms with van der Waals surface area (Å²) in [5.41, 5.74) is 0.143. The van der Waals surface area contributed by atoms with E-state index in [4.69, 9.17) is 4.74 Å². The predicted molar refractivity (Wildman–Crippen MR) is 105 cm³/mol. The van der Waals surface area contributed by atoms with Gasteiger partial charge in [-0.2, -0.15) is 0 Å². The highest BCUT2D eigenvalue weighted by atomic mass is 19.4. The minimum absolute atomic E-state index is 0.143. The van der Waals surface area contributed by atoms with E-state index >= 15 is 0 Å². The molecule has 0 heterocycles. The first-order valence-corrected chi connectivity index (χ1v) is 9.91. The number of carbonyl (C=O) groups is 1. The minimum atomic E-state index is -4.83. The standard InChI is InChI=1S/C21H20F6N2O4/c22-20(23,24)32-17-10-8-16(9-11-17)31-15-6-4-13(5-7-15)28-19(30)29-14-2-1-3-18(12-14)33-21(25,26)27/h1-3,8-13,15H,4-7H2,(H2,28,29,30)/t13-,15-. The normalized spacial score (nSPS) is 18.8. The summed E-state index contributed by atoms with van der Waals surface area (Å²) in [4.78, 5) is 12.2. The van der Waals surface area contributed by atoms with Gasteiger partial charge < -0.3 is 24.8 Å².